The summed E-state index contributed by atoms with van der Waals surface area (Å²) < 4.78 is 6.11. The number of alkyl halides is 1. The fraction of sp³-hybridized carbons (Fsp3) is 0.364. The van der Waals surface area contributed by atoms with E-state index >= 15 is 0 Å². The van der Waals surface area contributed by atoms with E-state index in [-0.39, 0.29) is 5.91 Å². The summed E-state index contributed by atoms with van der Waals surface area (Å²) in [5.41, 5.74) is 0.596. The molecule has 94 valence electrons. The van der Waals surface area contributed by atoms with Crippen molar-refractivity contribution in [1.82, 2.24) is 5.32 Å². The number of ether oxygens (including phenoxy) is 1. The molecule has 1 amide bonds. The van der Waals surface area contributed by atoms with Crippen LogP contribution in [-0.4, -0.2) is 31.0 Å². The molecule has 0 aliphatic carbocycles. The van der Waals surface area contributed by atoms with Crippen LogP contribution in [0.3, 0.4) is 0 Å². The first kappa shape index (κ1) is 15.2. The number of benzene rings is 1. The van der Waals surface area contributed by atoms with Crippen molar-refractivity contribution in [2.75, 3.05) is 25.1 Å². The highest BCUT2D eigenvalue weighted by atomic mass is 127. The predicted octanol–water partition coefficient (Wildman–Crippen LogP) is 3.09. The maximum atomic E-state index is 11.8. The lowest BCUT2D eigenvalue weighted by Crippen LogP contribution is -2.28. The number of hydrogen-bond acceptors (Lipinski definition) is 2. The van der Waals surface area contributed by atoms with Crippen molar-refractivity contribution in [3.63, 3.8) is 0 Å². The molecule has 1 aromatic rings. The zero-order chi connectivity index (χ0) is 12.7. The van der Waals surface area contributed by atoms with Gasteiger partial charge in [-0.3, -0.25) is 4.79 Å². The molecule has 1 N–H and O–H groups in total. The average molecular weight is 432 g/mol. The number of nitrogens with one attached hydrogen (secondary N) is 1. The van der Waals surface area contributed by atoms with Gasteiger partial charge in [0.25, 0.3) is 5.91 Å². The Bertz CT molecular complexity index is 390. The van der Waals surface area contributed by atoms with Gasteiger partial charge in [-0.2, -0.15) is 0 Å². The number of rotatable bonds is 6. The van der Waals surface area contributed by atoms with E-state index in [0.29, 0.717) is 30.3 Å². The molecule has 6 heteroatoms. The minimum atomic E-state index is -0.126. The SMILES string of the molecule is O=C(NCCOCCBr)c1cc(Cl)ccc1I. The lowest BCUT2D eigenvalue weighted by Gasteiger charge is -2.07. The monoisotopic (exact) mass is 431 g/mol. The molecule has 0 aliphatic heterocycles. The van der Waals surface area contributed by atoms with Crippen molar-refractivity contribution in [2.45, 2.75) is 0 Å². The maximum Gasteiger partial charge on any atom is 0.252 e. The van der Waals surface area contributed by atoms with Gasteiger partial charge in [-0.25, -0.2) is 0 Å². The number of halogens is 3. The quantitative estimate of drug-likeness (QED) is 0.426. The van der Waals surface area contributed by atoms with Crippen molar-refractivity contribution in [3.8, 4) is 0 Å². The van der Waals surface area contributed by atoms with E-state index in [0.717, 1.165) is 8.90 Å². The summed E-state index contributed by atoms with van der Waals surface area (Å²) in [4.78, 5) is 11.8. The van der Waals surface area contributed by atoms with Gasteiger partial charge >= 0.3 is 0 Å². The van der Waals surface area contributed by atoms with Crippen LogP contribution in [0, 0.1) is 3.57 Å². The molecule has 0 radical (unpaired) electrons. The fourth-order valence-electron chi connectivity index (χ4n) is 1.16. The van der Waals surface area contributed by atoms with Crippen LogP contribution in [0.25, 0.3) is 0 Å². The fourth-order valence-corrected chi connectivity index (χ4v) is 2.14. The molecule has 0 aliphatic rings. The van der Waals surface area contributed by atoms with E-state index in [9.17, 15) is 4.79 Å². The van der Waals surface area contributed by atoms with Crippen molar-refractivity contribution >= 4 is 56.0 Å². The molecule has 1 rings (SSSR count). The second kappa shape index (κ2) is 8.29. The smallest absolute Gasteiger partial charge is 0.252 e. The molecule has 0 spiro atoms. The van der Waals surface area contributed by atoms with Crippen LogP contribution >= 0.6 is 50.1 Å². The van der Waals surface area contributed by atoms with Gasteiger partial charge in [0.2, 0.25) is 0 Å². The molecule has 0 saturated heterocycles. The highest BCUT2D eigenvalue weighted by Crippen LogP contribution is 2.17. The highest BCUT2D eigenvalue weighted by Gasteiger charge is 2.09. The summed E-state index contributed by atoms with van der Waals surface area (Å²) in [6.45, 7) is 1.65. The first-order valence-corrected chi connectivity index (χ1v) is 7.60. The van der Waals surface area contributed by atoms with Gasteiger partial charge in [-0.15, -0.1) is 0 Å². The standard InChI is InChI=1S/C11H12BrClINO2/c12-3-5-17-6-4-15-11(16)9-7-8(13)1-2-10(9)14/h1-2,7H,3-6H2,(H,15,16). The van der Waals surface area contributed by atoms with Gasteiger partial charge in [-0.05, 0) is 40.8 Å². The molecule has 3 nitrogen and oxygen atoms in total. The van der Waals surface area contributed by atoms with E-state index in [1.54, 1.807) is 12.1 Å². The topological polar surface area (TPSA) is 38.3 Å². The van der Waals surface area contributed by atoms with Gasteiger partial charge < -0.3 is 10.1 Å². The number of carbonyl (C=O) groups excluding carboxylic acids is 1. The van der Waals surface area contributed by atoms with Gasteiger partial charge in [0.05, 0.1) is 18.8 Å². The van der Waals surface area contributed by atoms with E-state index in [1.807, 2.05) is 6.07 Å². The van der Waals surface area contributed by atoms with Gasteiger partial charge in [0.15, 0.2) is 0 Å². The van der Waals surface area contributed by atoms with Gasteiger partial charge in [0.1, 0.15) is 0 Å². The minimum absolute atomic E-state index is 0.126. The van der Waals surface area contributed by atoms with Crippen LogP contribution in [0.4, 0.5) is 0 Å². The Morgan fingerprint density at radius 3 is 2.94 bits per heavy atom. The van der Waals surface area contributed by atoms with E-state index in [2.05, 4.69) is 43.8 Å². The third kappa shape index (κ3) is 5.54. The highest BCUT2D eigenvalue weighted by molar-refractivity contribution is 14.1. The third-order valence-corrected chi connectivity index (χ3v) is 3.43. The summed E-state index contributed by atoms with van der Waals surface area (Å²) in [7, 11) is 0. The average Bonchev–Trinajstić information content (AvgIpc) is 2.32. The summed E-state index contributed by atoms with van der Waals surface area (Å²) in [6.07, 6.45) is 0. The maximum absolute atomic E-state index is 11.8. The van der Waals surface area contributed by atoms with E-state index < -0.39 is 0 Å². The second-order valence-electron chi connectivity index (χ2n) is 3.18. The zero-order valence-corrected chi connectivity index (χ0v) is 13.5. The summed E-state index contributed by atoms with van der Waals surface area (Å²) in [6, 6.07) is 5.25. The largest absolute Gasteiger partial charge is 0.379 e. The molecule has 17 heavy (non-hydrogen) atoms. The molecular formula is C11H12BrClINO2. The summed E-state index contributed by atoms with van der Waals surface area (Å²) in [5.74, 6) is -0.126. The van der Waals surface area contributed by atoms with Crippen LogP contribution in [0.2, 0.25) is 5.02 Å². The van der Waals surface area contributed by atoms with Crippen LogP contribution in [0.5, 0.6) is 0 Å². The van der Waals surface area contributed by atoms with Crippen molar-refractivity contribution in [1.29, 1.82) is 0 Å². The molecule has 1 aromatic carbocycles. The van der Waals surface area contributed by atoms with E-state index in [1.165, 1.54) is 0 Å². The summed E-state index contributed by atoms with van der Waals surface area (Å²) in [5, 5.41) is 4.14. The Morgan fingerprint density at radius 1 is 1.47 bits per heavy atom. The number of carbonyl (C=O) groups is 1. The van der Waals surface area contributed by atoms with Crippen molar-refractivity contribution in [3.05, 3.63) is 32.4 Å². The van der Waals surface area contributed by atoms with Crippen molar-refractivity contribution < 1.29 is 9.53 Å². The summed E-state index contributed by atoms with van der Waals surface area (Å²) >= 11 is 11.2. The molecule has 0 saturated carbocycles. The first-order valence-electron chi connectivity index (χ1n) is 5.02. The van der Waals surface area contributed by atoms with Crippen molar-refractivity contribution in [2.24, 2.45) is 0 Å². The molecule has 0 bridgehead atoms. The van der Waals surface area contributed by atoms with Crippen LogP contribution in [-0.2, 0) is 4.74 Å². The first-order chi connectivity index (χ1) is 8.15. The van der Waals surface area contributed by atoms with Crippen LogP contribution in [0.15, 0.2) is 18.2 Å². The molecule has 0 heterocycles. The molecule has 0 unspecified atom stereocenters. The van der Waals surface area contributed by atoms with Gasteiger partial charge in [-0.1, -0.05) is 27.5 Å². The predicted molar refractivity (Wildman–Crippen MR) is 81.1 cm³/mol. The minimum Gasteiger partial charge on any atom is -0.379 e. The second-order valence-corrected chi connectivity index (χ2v) is 5.57. The Kier molecular flexibility index (Phi) is 7.41. The lowest BCUT2D eigenvalue weighted by molar-refractivity contribution is 0.0923. The Morgan fingerprint density at radius 2 is 2.24 bits per heavy atom. The van der Waals surface area contributed by atoms with Gasteiger partial charge in [0, 0.05) is 20.5 Å². The normalized spacial score (nSPS) is 10.3. The molecular weight excluding hydrogens is 420 g/mol. The van der Waals surface area contributed by atoms with Crippen LogP contribution in [0.1, 0.15) is 10.4 Å². The molecule has 0 fully saturated rings. The zero-order valence-electron chi connectivity index (χ0n) is 9.01. The number of amides is 1. The molecule has 0 aromatic heterocycles. The van der Waals surface area contributed by atoms with E-state index in [4.69, 9.17) is 16.3 Å². The molecule has 0 atom stereocenters. The lowest BCUT2D eigenvalue weighted by atomic mass is 10.2. The Hall–Kier alpha value is 0.150. The Balaban J connectivity index is 2.44. The third-order valence-electron chi connectivity index (χ3n) is 1.93. The Labute approximate surface area is 128 Å². The number of hydrogen-bond donors (Lipinski definition) is 1. The van der Waals surface area contributed by atoms with Crippen LogP contribution < -0.4 is 5.32 Å².